The summed E-state index contributed by atoms with van der Waals surface area (Å²) in [5, 5.41) is 2.95. The van der Waals surface area contributed by atoms with Crippen molar-refractivity contribution in [3.05, 3.63) is 30.1 Å². The maximum absolute atomic E-state index is 13.3. The maximum Gasteiger partial charge on any atom is 0.243 e. The quantitative estimate of drug-likeness (QED) is 0.787. The number of hydrogen-bond acceptors (Lipinski definition) is 4. The Bertz CT molecular complexity index is 688. The molecule has 1 atom stereocenters. The number of sulfonamides is 1. The smallest absolute Gasteiger partial charge is 0.243 e. The Morgan fingerprint density at radius 2 is 1.96 bits per heavy atom. The second kappa shape index (κ2) is 8.73. The van der Waals surface area contributed by atoms with Gasteiger partial charge in [0.15, 0.2) is 0 Å². The predicted molar refractivity (Wildman–Crippen MR) is 94.1 cm³/mol. The Morgan fingerprint density at radius 1 is 1.28 bits per heavy atom. The van der Waals surface area contributed by atoms with E-state index in [9.17, 15) is 17.6 Å². The molecular formula is C17H26FN3O3S. The molecule has 1 heterocycles. The molecule has 1 fully saturated rings. The van der Waals surface area contributed by atoms with Gasteiger partial charge < -0.3 is 5.32 Å². The molecule has 6 nitrogen and oxygen atoms in total. The predicted octanol–water partition coefficient (Wildman–Crippen LogP) is 1.44. The van der Waals surface area contributed by atoms with E-state index in [2.05, 4.69) is 12.2 Å². The van der Waals surface area contributed by atoms with Crippen LogP contribution in [-0.2, 0) is 14.8 Å². The molecule has 0 radical (unpaired) electrons. The van der Waals surface area contributed by atoms with Gasteiger partial charge in [0, 0.05) is 32.2 Å². The minimum atomic E-state index is -3.70. The third kappa shape index (κ3) is 5.49. The van der Waals surface area contributed by atoms with Crippen molar-refractivity contribution in [2.75, 3.05) is 32.7 Å². The van der Waals surface area contributed by atoms with Crippen molar-refractivity contribution < 1.29 is 17.6 Å². The molecule has 0 unspecified atom stereocenters. The van der Waals surface area contributed by atoms with Crippen LogP contribution in [-0.4, -0.2) is 62.3 Å². The van der Waals surface area contributed by atoms with Crippen molar-refractivity contribution >= 4 is 15.9 Å². The molecule has 1 saturated heterocycles. The summed E-state index contributed by atoms with van der Waals surface area (Å²) in [5.74, 6) is -0.611. The molecule has 1 amide bonds. The Balaban J connectivity index is 1.88. The molecule has 1 aromatic rings. The molecule has 0 bridgehead atoms. The summed E-state index contributed by atoms with van der Waals surface area (Å²) in [4.78, 5) is 13.9. The van der Waals surface area contributed by atoms with Crippen LogP contribution in [0, 0.1) is 5.82 Å². The van der Waals surface area contributed by atoms with E-state index in [1.54, 1.807) is 0 Å². The number of hydrogen-bond donors (Lipinski definition) is 1. The van der Waals surface area contributed by atoms with Gasteiger partial charge in [-0.25, -0.2) is 12.8 Å². The number of piperazine rings is 1. The first-order valence-corrected chi connectivity index (χ1v) is 10.0. The molecule has 1 aliphatic rings. The topological polar surface area (TPSA) is 69.7 Å². The number of carbonyl (C=O) groups excluding carboxylic acids is 1. The first kappa shape index (κ1) is 19.8. The zero-order valence-electron chi connectivity index (χ0n) is 14.7. The van der Waals surface area contributed by atoms with Crippen LogP contribution >= 0.6 is 0 Å². The van der Waals surface area contributed by atoms with Crippen LogP contribution < -0.4 is 5.32 Å². The van der Waals surface area contributed by atoms with Crippen LogP contribution in [0.1, 0.15) is 26.7 Å². The Labute approximate surface area is 149 Å². The number of carbonyl (C=O) groups is 1. The molecule has 8 heteroatoms. The lowest BCUT2D eigenvalue weighted by atomic mass is 10.2. The number of rotatable bonds is 7. The molecule has 1 aliphatic heterocycles. The van der Waals surface area contributed by atoms with E-state index in [1.165, 1.54) is 22.5 Å². The summed E-state index contributed by atoms with van der Waals surface area (Å²) in [6, 6.07) is 5.18. The normalized spacial score (nSPS) is 18.0. The van der Waals surface area contributed by atoms with E-state index in [0.717, 1.165) is 18.9 Å². The standard InChI is InChI=1S/C17H26FN3O3S/c1-3-5-14(2)19-17(22)13-20-8-10-21(11-9-20)25(23,24)16-7-4-6-15(18)12-16/h4,6-7,12,14H,3,5,8-11,13H2,1-2H3,(H,19,22)/t14-/m0/s1. The SMILES string of the molecule is CCC[C@H](C)NC(=O)CN1CCN(S(=O)(=O)c2cccc(F)c2)CC1. The van der Waals surface area contributed by atoms with Crippen molar-refractivity contribution in [2.24, 2.45) is 0 Å². The van der Waals surface area contributed by atoms with Crippen LogP contribution in [0.4, 0.5) is 4.39 Å². The first-order chi connectivity index (χ1) is 11.8. The third-order valence-electron chi connectivity index (χ3n) is 4.26. The third-order valence-corrected chi connectivity index (χ3v) is 6.16. The molecule has 0 saturated carbocycles. The molecule has 25 heavy (non-hydrogen) atoms. The van der Waals surface area contributed by atoms with Crippen molar-refractivity contribution in [3.8, 4) is 0 Å². The number of halogens is 1. The first-order valence-electron chi connectivity index (χ1n) is 8.60. The lowest BCUT2D eigenvalue weighted by Gasteiger charge is -2.33. The van der Waals surface area contributed by atoms with Gasteiger partial charge in [-0.1, -0.05) is 19.4 Å². The molecule has 1 N–H and O–H groups in total. The summed E-state index contributed by atoms with van der Waals surface area (Å²) >= 11 is 0. The fraction of sp³-hybridized carbons (Fsp3) is 0.588. The van der Waals surface area contributed by atoms with E-state index in [4.69, 9.17) is 0 Å². The summed E-state index contributed by atoms with van der Waals surface area (Å²) < 4.78 is 39.7. The minimum Gasteiger partial charge on any atom is -0.353 e. The second-order valence-electron chi connectivity index (χ2n) is 6.39. The Kier molecular flexibility index (Phi) is 6.92. The van der Waals surface area contributed by atoms with Crippen molar-refractivity contribution in [1.29, 1.82) is 0 Å². The largest absolute Gasteiger partial charge is 0.353 e. The van der Waals surface area contributed by atoms with Crippen molar-refractivity contribution in [1.82, 2.24) is 14.5 Å². The number of nitrogens with zero attached hydrogens (tertiary/aromatic N) is 2. The van der Waals surface area contributed by atoms with Gasteiger partial charge in [0.25, 0.3) is 0 Å². The zero-order chi connectivity index (χ0) is 18.4. The van der Waals surface area contributed by atoms with E-state index < -0.39 is 15.8 Å². The number of amides is 1. The summed E-state index contributed by atoms with van der Waals surface area (Å²) in [6.07, 6.45) is 1.95. The van der Waals surface area contributed by atoms with Gasteiger partial charge in [-0.15, -0.1) is 0 Å². The van der Waals surface area contributed by atoms with Gasteiger partial charge in [-0.05, 0) is 31.5 Å². The number of benzene rings is 1. The summed E-state index contributed by atoms with van der Waals surface area (Å²) in [6.45, 7) is 5.84. The van der Waals surface area contributed by atoms with Gasteiger partial charge in [0.2, 0.25) is 15.9 Å². The van der Waals surface area contributed by atoms with Crippen LogP contribution in [0.3, 0.4) is 0 Å². The Hall–Kier alpha value is -1.51. The van der Waals surface area contributed by atoms with Gasteiger partial charge in [-0.2, -0.15) is 4.31 Å². The number of nitrogens with one attached hydrogen (secondary N) is 1. The average molecular weight is 371 g/mol. The molecule has 0 aliphatic carbocycles. The molecule has 0 spiro atoms. The highest BCUT2D eigenvalue weighted by Gasteiger charge is 2.29. The second-order valence-corrected chi connectivity index (χ2v) is 8.33. The van der Waals surface area contributed by atoms with E-state index in [-0.39, 0.29) is 36.5 Å². The van der Waals surface area contributed by atoms with Gasteiger partial charge in [0.1, 0.15) is 5.82 Å². The van der Waals surface area contributed by atoms with E-state index in [0.29, 0.717) is 13.1 Å². The summed E-state index contributed by atoms with van der Waals surface area (Å²) in [5.41, 5.74) is 0. The monoisotopic (exact) mass is 371 g/mol. The molecule has 1 aromatic carbocycles. The molecule has 0 aromatic heterocycles. The molecule has 2 rings (SSSR count). The van der Waals surface area contributed by atoms with Crippen molar-refractivity contribution in [3.63, 3.8) is 0 Å². The lowest BCUT2D eigenvalue weighted by Crippen LogP contribution is -2.51. The van der Waals surface area contributed by atoms with Crippen LogP contribution in [0.25, 0.3) is 0 Å². The lowest BCUT2D eigenvalue weighted by molar-refractivity contribution is -0.123. The van der Waals surface area contributed by atoms with Crippen LogP contribution in [0.15, 0.2) is 29.2 Å². The highest BCUT2D eigenvalue weighted by atomic mass is 32.2. The van der Waals surface area contributed by atoms with E-state index in [1.807, 2.05) is 11.8 Å². The summed E-state index contributed by atoms with van der Waals surface area (Å²) in [7, 11) is -3.70. The fourth-order valence-electron chi connectivity index (χ4n) is 2.93. The molecule has 140 valence electrons. The van der Waals surface area contributed by atoms with Crippen LogP contribution in [0.2, 0.25) is 0 Å². The maximum atomic E-state index is 13.3. The average Bonchev–Trinajstić information content (AvgIpc) is 2.55. The molecular weight excluding hydrogens is 345 g/mol. The highest BCUT2D eigenvalue weighted by molar-refractivity contribution is 7.89. The highest BCUT2D eigenvalue weighted by Crippen LogP contribution is 2.18. The van der Waals surface area contributed by atoms with Crippen molar-refractivity contribution in [2.45, 2.75) is 37.6 Å². The Morgan fingerprint density at radius 3 is 2.56 bits per heavy atom. The minimum absolute atomic E-state index is 0.0351. The van der Waals surface area contributed by atoms with E-state index >= 15 is 0 Å². The fourth-order valence-corrected chi connectivity index (χ4v) is 4.39. The van der Waals surface area contributed by atoms with Gasteiger partial charge >= 0.3 is 0 Å². The van der Waals surface area contributed by atoms with Gasteiger partial charge in [-0.3, -0.25) is 9.69 Å². The van der Waals surface area contributed by atoms with Crippen LogP contribution in [0.5, 0.6) is 0 Å². The van der Waals surface area contributed by atoms with Gasteiger partial charge in [0.05, 0.1) is 11.4 Å². The zero-order valence-corrected chi connectivity index (χ0v) is 15.6.